The van der Waals surface area contributed by atoms with Gasteiger partial charge in [0.15, 0.2) is 0 Å². The van der Waals surface area contributed by atoms with Crippen LogP contribution in [0.3, 0.4) is 0 Å². The van der Waals surface area contributed by atoms with Crippen LogP contribution in [-0.2, 0) is 12.7 Å². The third-order valence-electron chi connectivity index (χ3n) is 3.78. The van der Waals surface area contributed by atoms with E-state index >= 15 is 0 Å². The molecule has 22 heavy (non-hydrogen) atoms. The lowest BCUT2D eigenvalue weighted by Gasteiger charge is -2.27. The van der Waals surface area contributed by atoms with Crippen LogP contribution in [0.2, 0.25) is 5.15 Å². The van der Waals surface area contributed by atoms with Gasteiger partial charge in [-0.25, -0.2) is 9.97 Å². The summed E-state index contributed by atoms with van der Waals surface area (Å²) >= 11 is 5.85. The van der Waals surface area contributed by atoms with E-state index in [1.54, 1.807) is 0 Å². The van der Waals surface area contributed by atoms with Gasteiger partial charge in [-0.1, -0.05) is 11.6 Å². The Morgan fingerprint density at radius 3 is 2.59 bits per heavy atom. The normalized spacial score (nSPS) is 17.3. The molecule has 0 spiro atoms. The first-order chi connectivity index (χ1) is 10.5. The Morgan fingerprint density at radius 1 is 1.18 bits per heavy atom. The highest BCUT2D eigenvalue weighted by Crippen LogP contribution is 2.37. The Balaban J connectivity index is 1.91. The van der Waals surface area contributed by atoms with Gasteiger partial charge in [-0.15, -0.1) is 0 Å². The van der Waals surface area contributed by atoms with E-state index in [1.807, 2.05) is 0 Å². The number of nitrogens with one attached hydrogen (secondary N) is 1. The molecule has 120 valence electrons. The van der Waals surface area contributed by atoms with Crippen molar-refractivity contribution in [2.75, 3.05) is 32.7 Å². The molecule has 3 heterocycles. The Kier molecular flexibility index (Phi) is 4.24. The molecule has 0 amide bonds. The van der Waals surface area contributed by atoms with E-state index in [-0.39, 0.29) is 16.2 Å². The lowest BCUT2D eigenvalue weighted by Crippen LogP contribution is -2.44. The molecule has 0 aliphatic carbocycles. The lowest BCUT2D eigenvalue weighted by atomic mass is 10.2. The van der Waals surface area contributed by atoms with Gasteiger partial charge < -0.3 is 9.88 Å². The summed E-state index contributed by atoms with van der Waals surface area (Å²) < 4.78 is 41.0. The van der Waals surface area contributed by atoms with Crippen molar-refractivity contribution >= 4 is 22.6 Å². The van der Waals surface area contributed by atoms with Crippen LogP contribution in [0.25, 0.3) is 11.0 Å². The molecule has 0 radical (unpaired) electrons. The average molecular weight is 334 g/mol. The summed E-state index contributed by atoms with van der Waals surface area (Å²) in [7, 11) is 0. The number of rotatable bonds is 3. The van der Waals surface area contributed by atoms with Crippen LogP contribution in [0.5, 0.6) is 0 Å². The highest BCUT2D eigenvalue weighted by Gasteiger charge is 2.36. The van der Waals surface area contributed by atoms with Crippen molar-refractivity contribution in [1.82, 2.24) is 24.8 Å². The molecule has 1 aliphatic heterocycles. The molecule has 1 N–H and O–H groups in total. The molecule has 2 aromatic heterocycles. The van der Waals surface area contributed by atoms with E-state index in [0.717, 1.165) is 32.4 Å². The molecule has 1 saturated heterocycles. The van der Waals surface area contributed by atoms with Crippen LogP contribution in [0.15, 0.2) is 12.5 Å². The van der Waals surface area contributed by atoms with Crippen LogP contribution in [0, 0.1) is 0 Å². The van der Waals surface area contributed by atoms with Crippen LogP contribution >= 0.6 is 11.6 Å². The summed E-state index contributed by atoms with van der Waals surface area (Å²) in [6.07, 6.45) is -2.22. The van der Waals surface area contributed by atoms with E-state index in [2.05, 4.69) is 20.2 Å². The van der Waals surface area contributed by atoms with Gasteiger partial charge in [-0.3, -0.25) is 4.90 Å². The number of aromatic nitrogens is 3. The number of fused-ring (bicyclic) bond motifs is 1. The molecule has 0 unspecified atom stereocenters. The fourth-order valence-electron chi connectivity index (χ4n) is 2.66. The number of hydrogen-bond acceptors (Lipinski definition) is 4. The van der Waals surface area contributed by atoms with Crippen molar-refractivity contribution in [3.05, 3.63) is 23.2 Å². The molecular weight excluding hydrogens is 319 g/mol. The summed E-state index contributed by atoms with van der Waals surface area (Å²) in [4.78, 5) is 9.85. The zero-order valence-electron chi connectivity index (χ0n) is 11.7. The zero-order chi connectivity index (χ0) is 15.7. The molecule has 1 fully saturated rings. The molecule has 0 aromatic carbocycles. The van der Waals surface area contributed by atoms with Crippen molar-refractivity contribution in [1.29, 1.82) is 0 Å². The third-order valence-corrected chi connectivity index (χ3v) is 4.07. The minimum Gasteiger partial charge on any atom is -0.330 e. The molecule has 2 aromatic rings. The first-order valence-electron chi connectivity index (χ1n) is 6.96. The summed E-state index contributed by atoms with van der Waals surface area (Å²) in [5.41, 5.74) is -0.559. The molecule has 0 bridgehead atoms. The fraction of sp³-hybridized carbons (Fsp3) is 0.538. The molecule has 9 heteroatoms. The molecular formula is C13H15ClF3N5. The number of alkyl halides is 3. The standard InChI is InChI=1S/C13H15ClF3N5/c14-11-10-9(13(15,16)17)7-22(12(10)20-8-19-11)6-5-21-3-1-18-2-4-21/h7-8,18H,1-6H2. The molecule has 1 aliphatic rings. The summed E-state index contributed by atoms with van der Waals surface area (Å²) in [5.74, 6) is 0. The van der Waals surface area contributed by atoms with Crippen LogP contribution < -0.4 is 5.32 Å². The van der Waals surface area contributed by atoms with Gasteiger partial charge >= 0.3 is 6.18 Å². The maximum absolute atomic E-state index is 13.2. The first kappa shape index (κ1) is 15.5. The zero-order valence-corrected chi connectivity index (χ0v) is 12.5. The van der Waals surface area contributed by atoms with E-state index < -0.39 is 11.7 Å². The predicted octanol–water partition coefficient (Wildman–Crippen LogP) is 2.01. The van der Waals surface area contributed by atoms with Crippen molar-refractivity contribution in [3.8, 4) is 0 Å². The van der Waals surface area contributed by atoms with Gasteiger partial charge in [0, 0.05) is 45.5 Å². The third kappa shape index (κ3) is 3.04. The molecule has 0 atom stereocenters. The van der Waals surface area contributed by atoms with E-state index in [4.69, 9.17) is 11.6 Å². The number of piperazine rings is 1. The second kappa shape index (κ2) is 6.02. The van der Waals surface area contributed by atoms with E-state index in [1.165, 1.54) is 10.9 Å². The second-order valence-electron chi connectivity index (χ2n) is 5.19. The van der Waals surface area contributed by atoms with Crippen molar-refractivity contribution in [3.63, 3.8) is 0 Å². The monoisotopic (exact) mass is 333 g/mol. The summed E-state index contributed by atoms with van der Waals surface area (Å²) in [5, 5.41) is 2.94. The van der Waals surface area contributed by atoms with Gasteiger partial charge in [0.2, 0.25) is 0 Å². The maximum atomic E-state index is 13.2. The van der Waals surface area contributed by atoms with E-state index in [0.29, 0.717) is 13.1 Å². The summed E-state index contributed by atoms with van der Waals surface area (Å²) in [6, 6.07) is 0. The summed E-state index contributed by atoms with van der Waals surface area (Å²) in [6.45, 7) is 4.68. The maximum Gasteiger partial charge on any atom is 0.418 e. The van der Waals surface area contributed by atoms with Gasteiger partial charge in [0.05, 0.1) is 10.9 Å². The number of nitrogens with zero attached hydrogens (tertiary/aromatic N) is 4. The number of halogens is 4. The fourth-order valence-corrected chi connectivity index (χ4v) is 2.89. The topological polar surface area (TPSA) is 46.0 Å². The van der Waals surface area contributed by atoms with Crippen LogP contribution in [-0.4, -0.2) is 52.2 Å². The van der Waals surface area contributed by atoms with Crippen molar-refractivity contribution in [2.24, 2.45) is 0 Å². The van der Waals surface area contributed by atoms with Crippen LogP contribution in [0.1, 0.15) is 5.56 Å². The number of hydrogen-bond donors (Lipinski definition) is 1. The Labute approximate surface area is 130 Å². The second-order valence-corrected chi connectivity index (χ2v) is 5.55. The molecule has 5 nitrogen and oxygen atoms in total. The average Bonchev–Trinajstić information content (AvgIpc) is 2.87. The Hall–Kier alpha value is -1.38. The Bertz CT molecular complexity index is 663. The molecule has 3 rings (SSSR count). The van der Waals surface area contributed by atoms with Crippen LogP contribution in [0.4, 0.5) is 13.2 Å². The largest absolute Gasteiger partial charge is 0.418 e. The Morgan fingerprint density at radius 2 is 1.91 bits per heavy atom. The van der Waals surface area contributed by atoms with Crippen molar-refractivity contribution < 1.29 is 13.2 Å². The van der Waals surface area contributed by atoms with Crippen molar-refractivity contribution in [2.45, 2.75) is 12.7 Å². The minimum atomic E-state index is -4.48. The van der Waals surface area contributed by atoms with Gasteiger partial charge in [0.1, 0.15) is 17.1 Å². The quantitative estimate of drug-likeness (QED) is 0.873. The smallest absolute Gasteiger partial charge is 0.330 e. The lowest BCUT2D eigenvalue weighted by molar-refractivity contribution is -0.136. The minimum absolute atomic E-state index is 0.128. The first-order valence-corrected chi connectivity index (χ1v) is 7.34. The van der Waals surface area contributed by atoms with Gasteiger partial charge in [-0.2, -0.15) is 13.2 Å². The predicted molar refractivity (Wildman–Crippen MR) is 76.8 cm³/mol. The highest BCUT2D eigenvalue weighted by molar-refractivity contribution is 6.34. The van der Waals surface area contributed by atoms with Gasteiger partial charge in [-0.05, 0) is 0 Å². The van der Waals surface area contributed by atoms with Gasteiger partial charge in [0.25, 0.3) is 0 Å². The highest BCUT2D eigenvalue weighted by atomic mass is 35.5. The van der Waals surface area contributed by atoms with E-state index in [9.17, 15) is 13.2 Å². The molecule has 0 saturated carbocycles. The SMILES string of the molecule is FC(F)(F)c1cn(CCN2CCNCC2)c2ncnc(Cl)c12.